The summed E-state index contributed by atoms with van der Waals surface area (Å²) in [6, 6.07) is 8.93. The molecule has 1 aromatic heterocycles. The zero-order chi connectivity index (χ0) is 26.4. The van der Waals surface area contributed by atoms with Crippen LogP contribution in [0.5, 0.6) is 11.5 Å². The first-order chi connectivity index (χ1) is 17.2. The number of aliphatic carboxylic acids is 1. The molecular weight excluding hydrogens is 526 g/mol. The monoisotopic (exact) mass is 555 g/mol. The van der Waals surface area contributed by atoms with E-state index in [4.69, 9.17) is 14.5 Å². The number of ether oxygens (including phenoxy) is 2. The van der Waals surface area contributed by atoms with Gasteiger partial charge in [-0.1, -0.05) is 35.9 Å². The van der Waals surface area contributed by atoms with E-state index in [1.165, 1.54) is 11.6 Å². The number of benzene rings is 2. The highest BCUT2D eigenvalue weighted by atomic mass is 79.9. The average Bonchev–Trinajstić information content (AvgIpc) is 2.85. The second-order valence-electron chi connectivity index (χ2n) is 8.33. The van der Waals surface area contributed by atoms with Gasteiger partial charge in [-0.25, -0.2) is 9.78 Å². The fourth-order valence-electron chi connectivity index (χ4n) is 3.59. The van der Waals surface area contributed by atoms with Crippen LogP contribution in [0.25, 0.3) is 10.9 Å². The first-order valence-corrected chi connectivity index (χ1v) is 12.6. The lowest BCUT2D eigenvalue weighted by atomic mass is 10.1. The summed E-state index contributed by atoms with van der Waals surface area (Å²) in [5.41, 5.74) is 1.70. The van der Waals surface area contributed by atoms with Gasteiger partial charge >= 0.3 is 5.97 Å². The Balaban J connectivity index is 2.16. The number of nitrogens with zero attached hydrogens (tertiary/aromatic N) is 3. The van der Waals surface area contributed by atoms with Crippen molar-refractivity contribution in [3.63, 3.8) is 0 Å². The molecule has 0 aliphatic carbocycles. The Morgan fingerprint density at radius 2 is 2.03 bits per heavy atom. The van der Waals surface area contributed by atoms with Gasteiger partial charge in [0.05, 0.1) is 23.7 Å². The molecule has 2 aromatic carbocycles. The van der Waals surface area contributed by atoms with Gasteiger partial charge in [-0.3, -0.25) is 4.79 Å². The molecular formula is C27H30BrN3O5. The molecule has 0 unspecified atom stereocenters. The highest BCUT2D eigenvalue weighted by molar-refractivity contribution is 9.10. The van der Waals surface area contributed by atoms with Crippen LogP contribution in [0.4, 0.5) is 0 Å². The molecule has 0 bridgehead atoms. The molecule has 2 atom stereocenters. The lowest BCUT2D eigenvalue weighted by molar-refractivity contribution is -0.144. The maximum atomic E-state index is 13.4. The SMILES string of the molecule is C=CCc1cc(C=Nn2c([C@@H](C)CC)nc3ccc(Br)cc3c2=O)cc(OCC)c1O[C@H](C)C(=O)O. The van der Waals surface area contributed by atoms with E-state index in [-0.39, 0.29) is 11.5 Å². The molecule has 8 nitrogen and oxygen atoms in total. The quantitative estimate of drug-likeness (QED) is 0.246. The van der Waals surface area contributed by atoms with Crippen LogP contribution in [0.1, 0.15) is 57.0 Å². The van der Waals surface area contributed by atoms with Gasteiger partial charge in [-0.05, 0) is 62.6 Å². The molecule has 3 aromatic rings. The Kier molecular flexibility index (Phi) is 9.03. The van der Waals surface area contributed by atoms with Crippen molar-refractivity contribution >= 4 is 39.0 Å². The van der Waals surface area contributed by atoms with Crippen molar-refractivity contribution in [2.45, 2.75) is 52.6 Å². The number of rotatable bonds is 11. The molecule has 0 saturated heterocycles. The molecule has 0 radical (unpaired) electrons. The zero-order valence-corrected chi connectivity index (χ0v) is 22.4. The van der Waals surface area contributed by atoms with E-state index >= 15 is 0 Å². The Bertz CT molecular complexity index is 1370. The minimum atomic E-state index is -1.08. The molecule has 0 aliphatic heterocycles. The van der Waals surface area contributed by atoms with E-state index in [0.717, 1.165) is 10.9 Å². The number of carboxylic acids is 1. The van der Waals surface area contributed by atoms with Crippen molar-refractivity contribution in [1.29, 1.82) is 0 Å². The minimum absolute atomic E-state index is 0.00601. The number of hydrogen-bond donors (Lipinski definition) is 1. The molecule has 190 valence electrons. The van der Waals surface area contributed by atoms with Crippen LogP contribution in [-0.4, -0.2) is 39.7 Å². The summed E-state index contributed by atoms with van der Waals surface area (Å²) in [4.78, 5) is 29.5. The fourth-order valence-corrected chi connectivity index (χ4v) is 3.95. The third kappa shape index (κ3) is 6.02. The van der Waals surface area contributed by atoms with Gasteiger partial charge in [0, 0.05) is 16.0 Å². The summed E-state index contributed by atoms with van der Waals surface area (Å²) >= 11 is 3.42. The molecule has 3 rings (SSSR count). The Hall–Kier alpha value is -3.46. The van der Waals surface area contributed by atoms with Gasteiger partial charge in [0.2, 0.25) is 0 Å². The highest BCUT2D eigenvalue weighted by Gasteiger charge is 2.20. The number of carbonyl (C=O) groups is 1. The highest BCUT2D eigenvalue weighted by Crippen LogP contribution is 2.34. The van der Waals surface area contributed by atoms with Crippen molar-refractivity contribution in [2.24, 2.45) is 5.10 Å². The van der Waals surface area contributed by atoms with Crippen LogP contribution in [0.3, 0.4) is 0 Å². The third-order valence-corrected chi connectivity index (χ3v) is 6.16. The predicted octanol–water partition coefficient (Wildman–Crippen LogP) is 5.53. The molecule has 1 heterocycles. The zero-order valence-electron chi connectivity index (χ0n) is 20.8. The van der Waals surface area contributed by atoms with E-state index in [9.17, 15) is 14.7 Å². The average molecular weight is 556 g/mol. The first kappa shape index (κ1) is 27.1. The van der Waals surface area contributed by atoms with Crippen molar-refractivity contribution in [3.8, 4) is 11.5 Å². The molecule has 0 amide bonds. The summed E-state index contributed by atoms with van der Waals surface area (Å²) in [6.07, 6.45) is 3.41. The van der Waals surface area contributed by atoms with Crippen molar-refractivity contribution in [2.75, 3.05) is 6.61 Å². The number of carboxylic acid groups (broad SMARTS) is 1. The Labute approximate surface area is 218 Å². The van der Waals surface area contributed by atoms with Gasteiger partial charge in [-0.2, -0.15) is 9.78 Å². The maximum absolute atomic E-state index is 13.4. The fraction of sp³-hybridized carbons (Fsp3) is 0.333. The summed E-state index contributed by atoms with van der Waals surface area (Å²) < 4.78 is 13.6. The molecule has 0 aliphatic rings. The largest absolute Gasteiger partial charge is 0.490 e. The van der Waals surface area contributed by atoms with E-state index in [0.29, 0.717) is 52.4 Å². The second-order valence-corrected chi connectivity index (χ2v) is 9.25. The van der Waals surface area contributed by atoms with Crippen LogP contribution in [0, 0.1) is 0 Å². The second kappa shape index (κ2) is 12.0. The summed E-state index contributed by atoms with van der Waals surface area (Å²) in [5, 5.41) is 14.3. The molecule has 0 fully saturated rings. The summed E-state index contributed by atoms with van der Waals surface area (Å²) in [6.45, 7) is 11.5. The van der Waals surface area contributed by atoms with Crippen molar-refractivity contribution < 1.29 is 19.4 Å². The molecule has 0 saturated carbocycles. The lowest BCUT2D eigenvalue weighted by Gasteiger charge is -2.19. The third-order valence-electron chi connectivity index (χ3n) is 5.67. The van der Waals surface area contributed by atoms with Crippen molar-refractivity contribution in [3.05, 3.63) is 74.8 Å². The number of allylic oxidation sites excluding steroid dienone is 1. The van der Waals surface area contributed by atoms with Crippen LogP contribution in [-0.2, 0) is 11.2 Å². The minimum Gasteiger partial charge on any atom is -0.490 e. The summed E-state index contributed by atoms with van der Waals surface area (Å²) in [5.74, 6) is 0.228. The molecule has 9 heteroatoms. The number of halogens is 1. The van der Waals surface area contributed by atoms with Crippen LogP contribution < -0.4 is 15.0 Å². The van der Waals surface area contributed by atoms with Gasteiger partial charge < -0.3 is 14.6 Å². The smallest absolute Gasteiger partial charge is 0.344 e. The lowest BCUT2D eigenvalue weighted by Crippen LogP contribution is -2.24. The Morgan fingerprint density at radius 3 is 2.67 bits per heavy atom. The van der Waals surface area contributed by atoms with Gasteiger partial charge in [0.25, 0.3) is 5.56 Å². The number of fused-ring (bicyclic) bond motifs is 1. The van der Waals surface area contributed by atoms with Gasteiger partial charge in [0.1, 0.15) is 5.82 Å². The van der Waals surface area contributed by atoms with E-state index in [1.807, 2.05) is 39.0 Å². The van der Waals surface area contributed by atoms with Crippen LogP contribution in [0.15, 0.2) is 57.4 Å². The summed E-state index contributed by atoms with van der Waals surface area (Å²) in [7, 11) is 0. The Morgan fingerprint density at radius 1 is 1.28 bits per heavy atom. The van der Waals surface area contributed by atoms with Crippen molar-refractivity contribution in [1.82, 2.24) is 9.66 Å². The van der Waals surface area contributed by atoms with E-state index in [2.05, 4.69) is 27.6 Å². The topological polar surface area (TPSA) is 103 Å². The predicted molar refractivity (Wildman–Crippen MR) is 145 cm³/mol. The molecule has 0 spiro atoms. The molecule has 36 heavy (non-hydrogen) atoms. The maximum Gasteiger partial charge on any atom is 0.344 e. The van der Waals surface area contributed by atoms with Gasteiger partial charge in [0.15, 0.2) is 17.6 Å². The number of aromatic nitrogens is 2. The molecule has 1 N–H and O–H groups in total. The number of hydrogen-bond acceptors (Lipinski definition) is 6. The standard InChI is InChI=1S/C27H30BrN3O5/c1-6-9-19-12-18(13-23(35-8-3)24(19)36-17(5)27(33)34)15-29-31-25(16(4)7-2)30-22-11-10-20(28)14-21(22)26(31)32/h6,10-17H,1,7-9H2,2-5H3,(H,33,34)/t16-,17+/m0/s1. The van der Waals surface area contributed by atoms with Gasteiger partial charge in [-0.15, -0.1) is 6.58 Å². The van der Waals surface area contributed by atoms with E-state index < -0.39 is 12.1 Å². The first-order valence-electron chi connectivity index (χ1n) is 11.8. The van der Waals surface area contributed by atoms with Crippen LogP contribution in [0.2, 0.25) is 0 Å². The van der Waals surface area contributed by atoms with E-state index in [1.54, 1.807) is 24.4 Å². The normalized spacial score (nSPS) is 13.0. The van der Waals surface area contributed by atoms with Crippen LogP contribution >= 0.6 is 15.9 Å².